The van der Waals surface area contributed by atoms with Crippen LogP contribution in [0.25, 0.3) is 0 Å². The minimum absolute atomic E-state index is 0.116. The van der Waals surface area contributed by atoms with Gasteiger partial charge in [0.05, 0.1) is 31.4 Å². The van der Waals surface area contributed by atoms with Gasteiger partial charge < -0.3 is 14.6 Å². The third-order valence-electron chi connectivity index (χ3n) is 2.50. The zero-order valence-corrected chi connectivity index (χ0v) is 11.3. The maximum atomic E-state index is 12.0. The zero-order valence-electron chi connectivity index (χ0n) is 11.3. The molecule has 0 aromatic rings. The second-order valence-corrected chi connectivity index (χ2v) is 6.02. The molecule has 1 saturated heterocycles. The van der Waals surface area contributed by atoms with Gasteiger partial charge in [-0.3, -0.25) is 4.90 Å². The van der Waals surface area contributed by atoms with E-state index in [-0.39, 0.29) is 12.6 Å². The lowest BCUT2D eigenvalue weighted by Crippen LogP contribution is -2.58. The van der Waals surface area contributed by atoms with Crippen molar-refractivity contribution in [2.75, 3.05) is 19.8 Å². The minimum atomic E-state index is -0.528. The van der Waals surface area contributed by atoms with Crippen LogP contribution in [0, 0.1) is 0 Å². The highest BCUT2D eigenvalue weighted by molar-refractivity contribution is 5.68. The molecule has 1 aliphatic heterocycles. The van der Waals surface area contributed by atoms with E-state index >= 15 is 0 Å². The molecular formula is C12H23NO4. The number of rotatable bonds is 1. The van der Waals surface area contributed by atoms with Gasteiger partial charge in [0.25, 0.3) is 0 Å². The summed E-state index contributed by atoms with van der Waals surface area (Å²) in [6.45, 7) is 9.94. The summed E-state index contributed by atoms with van der Waals surface area (Å²) in [4.78, 5) is 13.6. The van der Waals surface area contributed by atoms with E-state index in [1.54, 1.807) is 4.90 Å². The van der Waals surface area contributed by atoms with Gasteiger partial charge in [0.2, 0.25) is 0 Å². The van der Waals surface area contributed by atoms with Crippen LogP contribution in [0.3, 0.4) is 0 Å². The molecule has 0 aromatic heterocycles. The van der Waals surface area contributed by atoms with E-state index in [0.29, 0.717) is 13.2 Å². The first-order chi connectivity index (χ1) is 7.64. The lowest BCUT2D eigenvalue weighted by molar-refractivity contribution is -0.121. The molecule has 0 aromatic carbocycles. The number of morpholine rings is 1. The molecule has 100 valence electrons. The van der Waals surface area contributed by atoms with Gasteiger partial charge in [-0.2, -0.15) is 0 Å². The van der Waals surface area contributed by atoms with Crippen LogP contribution in [0.4, 0.5) is 4.79 Å². The smallest absolute Gasteiger partial charge is 0.410 e. The van der Waals surface area contributed by atoms with Crippen molar-refractivity contribution < 1.29 is 19.4 Å². The van der Waals surface area contributed by atoms with Crippen molar-refractivity contribution in [3.8, 4) is 0 Å². The summed E-state index contributed by atoms with van der Waals surface area (Å²) in [5.74, 6) is 0. The molecule has 1 fully saturated rings. The highest BCUT2D eigenvalue weighted by Crippen LogP contribution is 2.22. The van der Waals surface area contributed by atoms with Gasteiger partial charge in [0.15, 0.2) is 0 Å². The third-order valence-corrected chi connectivity index (χ3v) is 2.50. The number of aliphatic hydroxyl groups is 1. The number of ether oxygens (including phenoxy) is 2. The molecule has 5 nitrogen and oxygen atoms in total. The van der Waals surface area contributed by atoms with Crippen molar-refractivity contribution in [1.82, 2.24) is 4.90 Å². The van der Waals surface area contributed by atoms with Crippen molar-refractivity contribution in [3.05, 3.63) is 0 Å². The van der Waals surface area contributed by atoms with E-state index < -0.39 is 17.3 Å². The molecule has 1 amide bonds. The molecule has 0 unspecified atom stereocenters. The monoisotopic (exact) mass is 245 g/mol. The summed E-state index contributed by atoms with van der Waals surface area (Å²) >= 11 is 0. The Hall–Kier alpha value is -0.810. The number of hydrogen-bond donors (Lipinski definition) is 1. The first-order valence-electron chi connectivity index (χ1n) is 5.89. The Morgan fingerprint density at radius 1 is 1.53 bits per heavy atom. The number of amides is 1. The van der Waals surface area contributed by atoms with E-state index in [4.69, 9.17) is 9.47 Å². The molecule has 0 radical (unpaired) electrons. The molecule has 5 heteroatoms. The first-order valence-corrected chi connectivity index (χ1v) is 5.89. The summed E-state index contributed by atoms with van der Waals surface area (Å²) < 4.78 is 10.9. The van der Waals surface area contributed by atoms with Crippen LogP contribution in [0.2, 0.25) is 0 Å². The topological polar surface area (TPSA) is 59.0 Å². The second kappa shape index (κ2) is 4.82. The lowest BCUT2D eigenvalue weighted by Gasteiger charge is -2.43. The van der Waals surface area contributed by atoms with Crippen LogP contribution in [0.1, 0.15) is 34.6 Å². The lowest BCUT2D eigenvalue weighted by atomic mass is 10.1. The Morgan fingerprint density at radius 3 is 2.59 bits per heavy atom. The normalized spacial score (nSPS) is 24.6. The summed E-state index contributed by atoms with van der Waals surface area (Å²) in [6.07, 6.45) is -0.395. The number of nitrogens with zero attached hydrogens (tertiary/aromatic N) is 1. The Kier molecular flexibility index (Phi) is 4.04. The van der Waals surface area contributed by atoms with Crippen molar-refractivity contribution in [3.63, 3.8) is 0 Å². The Bertz CT molecular complexity index is 283. The van der Waals surface area contributed by atoms with Crippen LogP contribution in [0.15, 0.2) is 0 Å². The van der Waals surface area contributed by atoms with E-state index in [1.165, 1.54) is 0 Å². The second-order valence-electron chi connectivity index (χ2n) is 6.02. The van der Waals surface area contributed by atoms with Gasteiger partial charge in [-0.1, -0.05) is 0 Å². The highest BCUT2D eigenvalue weighted by Gasteiger charge is 2.38. The molecule has 1 rings (SSSR count). The highest BCUT2D eigenvalue weighted by atomic mass is 16.6. The van der Waals surface area contributed by atoms with Crippen LogP contribution >= 0.6 is 0 Å². The molecule has 0 saturated carbocycles. The molecule has 1 N–H and O–H groups in total. The van der Waals surface area contributed by atoms with Crippen molar-refractivity contribution in [2.45, 2.75) is 51.9 Å². The fourth-order valence-corrected chi connectivity index (χ4v) is 1.68. The summed E-state index contributed by atoms with van der Waals surface area (Å²) in [6, 6.07) is -0.321. The largest absolute Gasteiger partial charge is 0.444 e. The van der Waals surface area contributed by atoms with E-state index in [2.05, 4.69) is 0 Å². The van der Waals surface area contributed by atoms with Crippen LogP contribution in [-0.4, -0.2) is 53.1 Å². The van der Waals surface area contributed by atoms with Crippen LogP contribution in [0.5, 0.6) is 0 Å². The van der Waals surface area contributed by atoms with Gasteiger partial charge in [-0.15, -0.1) is 0 Å². The molecule has 0 bridgehead atoms. The Balaban J connectivity index is 2.73. The Labute approximate surface area is 103 Å². The maximum Gasteiger partial charge on any atom is 0.410 e. The molecule has 0 spiro atoms. The summed E-state index contributed by atoms with van der Waals surface area (Å²) in [5, 5.41) is 9.25. The maximum absolute atomic E-state index is 12.0. The number of carbonyl (C=O) groups excluding carboxylic acids is 1. The number of carbonyl (C=O) groups is 1. The Morgan fingerprint density at radius 2 is 2.12 bits per heavy atom. The summed E-state index contributed by atoms with van der Waals surface area (Å²) in [5.41, 5.74) is -0.928. The van der Waals surface area contributed by atoms with Gasteiger partial charge in [0, 0.05) is 0 Å². The van der Waals surface area contributed by atoms with E-state index in [9.17, 15) is 9.90 Å². The van der Waals surface area contributed by atoms with E-state index in [1.807, 2.05) is 34.6 Å². The van der Waals surface area contributed by atoms with Crippen molar-refractivity contribution >= 4 is 6.09 Å². The molecule has 1 atom stereocenters. The van der Waals surface area contributed by atoms with Gasteiger partial charge in [0.1, 0.15) is 5.60 Å². The third kappa shape index (κ3) is 4.16. The van der Waals surface area contributed by atoms with Crippen LogP contribution < -0.4 is 0 Å². The molecule has 1 aliphatic rings. The van der Waals surface area contributed by atoms with Crippen LogP contribution in [-0.2, 0) is 9.47 Å². The average molecular weight is 245 g/mol. The molecular weight excluding hydrogens is 222 g/mol. The number of aliphatic hydroxyl groups excluding tert-OH is 1. The predicted molar refractivity (Wildman–Crippen MR) is 63.8 cm³/mol. The van der Waals surface area contributed by atoms with E-state index in [0.717, 1.165) is 0 Å². The molecule has 0 aliphatic carbocycles. The SMILES string of the molecule is CC(C)(C)OC(=O)N1CC(C)(C)OC[C@@H]1CO. The number of hydrogen-bond acceptors (Lipinski definition) is 4. The minimum Gasteiger partial charge on any atom is -0.444 e. The summed E-state index contributed by atoms with van der Waals surface area (Å²) in [7, 11) is 0. The van der Waals surface area contributed by atoms with Gasteiger partial charge >= 0.3 is 6.09 Å². The standard InChI is InChI=1S/C12H23NO4/c1-11(2,3)17-10(15)13-8-12(4,5)16-7-9(13)6-14/h9,14H,6-8H2,1-5H3/t9-/m0/s1. The van der Waals surface area contributed by atoms with Crippen molar-refractivity contribution in [2.24, 2.45) is 0 Å². The fourth-order valence-electron chi connectivity index (χ4n) is 1.68. The predicted octanol–water partition coefficient (Wildman–Crippen LogP) is 1.39. The average Bonchev–Trinajstić information content (AvgIpc) is 2.13. The molecule has 1 heterocycles. The first kappa shape index (κ1) is 14.3. The quantitative estimate of drug-likeness (QED) is 0.758. The fraction of sp³-hybridized carbons (Fsp3) is 0.917. The zero-order chi connectivity index (χ0) is 13.3. The van der Waals surface area contributed by atoms with Gasteiger partial charge in [-0.25, -0.2) is 4.79 Å². The molecule has 17 heavy (non-hydrogen) atoms. The van der Waals surface area contributed by atoms with Gasteiger partial charge in [-0.05, 0) is 34.6 Å². The van der Waals surface area contributed by atoms with Crippen molar-refractivity contribution in [1.29, 1.82) is 0 Å².